The maximum absolute atomic E-state index is 11.5. The summed E-state index contributed by atoms with van der Waals surface area (Å²) in [5.74, 6) is 2.22. The third kappa shape index (κ3) is 6.95. The molecule has 8 heteroatoms. The van der Waals surface area contributed by atoms with Gasteiger partial charge in [-0.3, -0.25) is 14.6 Å². The molecule has 1 aliphatic carbocycles. The van der Waals surface area contributed by atoms with Crippen molar-refractivity contribution >= 4 is 5.91 Å². The zero-order chi connectivity index (χ0) is 24.8. The van der Waals surface area contributed by atoms with Gasteiger partial charge in [0.1, 0.15) is 18.5 Å². The first-order chi connectivity index (χ1) is 16.9. The molecule has 1 saturated carbocycles. The molecule has 192 valence electrons. The van der Waals surface area contributed by atoms with Crippen LogP contribution in [-0.2, 0) is 4.79 Å². The van der Waals surface area contributed by atoms with Crippen molar-refractivity contribution in [3.05, 3.63) is 29.8 Å². The van der Waals surface area contributed by atoms with Gasteiger partial charge in [0, 0.05) is 58.8 Å². The fraction of sp³-hybridized carbons (Fsp3) is 0.704. The van der Waals surface area contributed by atoms with Crippen molar-refractivity contribution in [1.82, 2.24) is 19.6 Å². The standard InChI is InChI=1S/C27H41N5O3/c1-21(33)32-14-12-30(13-15-32)11-3-10-29(2)27-23-6-7-24(27)18-31(17-23)19-25(34)20-35-26-8-4-22(16-28)5-9-26/h4-5,8-9,23-25,27,34H,3,6-7,10-15,17-20H2,1-2H3. The van der Waals surface area contributed by atoms with E-state index >= 15 is 0 Å². The number of likely N-dealkylation sites (tertiary alicyclic amines) is 1. The zero-order valence-corrected chi connectivity index (χ0v) is 21.3. The Morgan fingerprint density at radius 2 is 1.80 bits per heavy atom. The molecule has 2 heterocycles. The number of β-amino-alcohol motifs (C(OH)–C–C–N with tert-alkyl or cyclic N) is 1. The molecule has 0 radical (unpaired) electrons. The van der Waals surface area contributed by atoms with Gasteiger partial charge < -0.3 is 19.6 Å². The van der Waals surface area contributed by atoms with E-state index in [4.69, 9.17) is 10.00 Å². The Balaban J connectivity index is 1.15. The van der Waals surface area contributed by atoms with E-state index < -0.39 is 6.10 Å². The van der Waals surface area contributed by atoms with Gasteiger partial charge in [0.2, 0.25) is 5.91 Å². The number of carbonyl (C=O) groups excluding carboxylic acids is 1. The van der Waals surface area contributed by atoms with Crippen LogP contribution in [0.1, 0.15) is 31.7 Å². The van der Waals surface area contributed by atoms with Crippen LogP contribution in [0.5, 0.6) is 5.75 Å². The number of ether oxygens (including phenoxy) is 1. The van der Waals surface area contributed by atoms with Gasteiger partial charge in [-0.05, 0) is 75.5 Å². The fourth-order valence-corrected chi connectivity index (χ4v) is 6.31. The summed E-state index contributed by atoms with van der Waals surface area (Å²) < 4.78 is 5.73. The highest BCUT2D eigenvalue weighted by Crippen LogP contribution is 2.39. The van der Waals surface area contributed by atoms with Crippen LogP contribution in [0.15, 0.2) is 24.3 Å². The molecule has 3 fully saturated rings. The van der Waals surface area contributed by atoms with Crippen molar-refractivity contribution in [2.75, 3.05) is 72.6 Å². The van der Waals surface area contributed by atoms with Crippen molar-refractivity contribution in [1.29, 1.82) is 5.26 Å². The van der Waals surface area contributed by atoms with E-state index in [1.165, 1.54) is 19.3 Å². The number of hydrogen-bond donors (Lipinski definition) is 1. The SMILES string of the molecule is CC(=O)N1CCN(CCCN(C)C2C3CCC2CN(CC(O)COc2ccc(C#N)cc2)C3)CC1. The first-order valence-electron chi connectivity index (χ1n) is 13.1. The fourth-order valence-electron chi connectivity index (χ4n) is 6.31. The molecule has 4 rings (SSSR count). The van der Waals surface area contributed by atoms with E-state index in [2.05, 4.69) is 27.8 Å². The third-order valence-electron chi connectivity index (χ3n) is 8.07. The van der Waals surface area contributed by atoms with Gasteiger partial charge in [0.05, 0.1) is 11.6 Å². The van der Waals surface area contributed by atoms with Gasteiger partial charge in [-0.15, -0.1) is 0 Å². The lowest BCUT2D eigenvalue weighted by atomic mass is 9.90. The predicted molar refractivity (Wildman–Crippen MR) is 135 cm³/mol. The smallest absolute Gasteiger partial charge is 0.219 e. The van der Waals surface area contributed by atoms with Crippen LogP contribution < -0.4 is 4.74 Å². The topological polar surface area (TPSA) is 83.3 Å². The van der Waals surface area contributed by atoms with E-state index in [-0.39, 0.29) is 12.5 Å². The van der Waals surface area contributed by atoms with Gasteiger partial charge in [0.25, 0.3) is 0 Å². The van der Waals surface area contributed by atoms with Crippen molar-refractivity contribution in [2.24, 2.45) is 11.8 Å². The first kappa shape index (κ1) is 25.9. The largest absolute Gasteiger partial charge is 0.491 e. The third-order valence-corrected chi connectivity index (χ3v) is 8.07. The van der Waals surface area contributed by atoms with Gasteiger partial charge >= 0.3 is 0 Å². The molecule has 0 aromatic heterocycles. The Hall–Kier alpha value is -2.18. The molecule has 1 amide bonds. The predicted octanol–water partition coefficient (Wildman–Crippen LogP) is 1.49. The molecular formula is C27H41N5O3. The monoisotopic (exact) mass is 483 g/mol. The number of piperazine rings is 1. The van der Waals surface area contributed by atoms with Crippen molar-refractivity contribution in [3.63, 3.8) is 0 Å². The average molecular weight is 484 g/mol. The van der Waals surface area contributed by atoms with E-state index in [1.54, 1.807) is 31.2 Å². The highest BCUT2D eigenvalue weighted by atomic mass is 16.5. The van der Waals surface area contributed by atoms with Gasteiger partial charge in [-0.2, -0.15) is 5.26 Å². The van der Waals surface area contributed by atoms with Crippen LogP contribution in [0.25, 0.3) is 0 Å². The lowest BCUT2D eigenvalue weighted by molar-refractivity contribution is -0.130. The molecule has 2 saturated heterocycles. The lowest BCUT2D eigenvalue weighted by Gasteiger charge is -2.43. The maximum Gasteiger partial charge on any atom is 0.219 e. The van der Waals surface area contributed by atoms with E-state index in [9.17, 15) is 9.90 Å². The van der Waals surface area contributed by atoms with Crippen LogP contribution in [0, 0.1) is 23.2 Å². The molecule has 3 unspecified atom stereocenters. The molecule has 1 N–H and O–H groups in total. The van der Waals surface area contributed by atoms with Crippen LogP contribution in [-0.4, -0.2) is 115 Å². The molecular weight excluding hydrogens is 442 g/mol. The maximum atomic E-state index is 11.5. The summed E-state index contributed by atoms with van der Waals surface area (Å²) in [5.41, 5.74) is 0.605. The first-order valence-corrected chi connectivity index (χ1v) is 13.1. The summed E-state index contributed by atoms with van der Waals surface area (Å²) in [5, 5.41) is 19.5. The Labute approximate surface area is 210 Å². The normalized spacial score (nSPS) is 26.0. The molecule has 2 aliphatic heterocycles. The number of benzene rings is 1. The molecule has 0 spiro atoms. The number of fused-ring (bicyclic) bond motifs is 2. The van der Waals surface area contributed by atoms with Crippen molar-refractivity contribution < 1.29 is 14.6 Å². The Morgan fingerprint density at radius 1 is 1.14 bits per heavy atom. The summed E-state index contributed by atoms with van der Waals surface area (Å²) in [6, 6.07) is 9.76. The summed E-state index contributed by atoms with van der Waals surface area (Å²) in [4.78, 5) is 21.0. The quantitative estimate of drug-likeness (QED) is 0.540. The van der Waals surface area contributed by atoms with Crippen LogP contribution in [0.4, 0.5) is 0 Å². The second kappa shape index (κ2) is 12.2. The van der Waals surface area contributed by atoms with Gasteiger partial charge in [-0.1, -0.05) is 0 Å². The van der Waals surface area contributed by atoms with Gasteiger partial charge in [0.15, 0.2) is 0 Å². The van der Waals surface area contributed by atoms with Crippen LogP contribution in [0.3, 0.4) is 0 Å². The van der Waals surface area contributed by atoms with Crippen molar-refractivity contribution in [3.8, 4) is 11.8 Å². The molecule has 1 aromatic carbocycles. The number of nitrogens with zero attached hydrogens (tertiary/aromatic N) is 5. The Morgan fingerprint density at radius 3 is 2.40 bits per heavy atom. The van der Waals surface area contributed by atoms with Crippen LogP contribution in [0.2, 0.25) is 0 Å². The molecule has 3 atom stereocenters. The molecule has 2 bridgehead atoms. The second-order valence-corrected chi connectivity index (χ2v) is 10.6. The summed E-state index contributed by atoms with van der Waals surface area (Å²) >= 11 is 0. The number of carbonyl (C=O) groups is 1. The number of amides is 1. The number of hydrogen-bond acceptors (Lipinski definition) is 7. The minimum Gasteiger partial charge on any atom is -0.491 e. The lowest BCUT2D eigenvalue weighted by Crippen LogP contribution is -2.53. The zero-order valence-electron chi connectivity index (χ0n) is 21.3. The second-order valence-electron chi connectivity index (χ2n) is 10.6. The van der Waals surface area contributed by atoms with Crippen molar-refractivity contribution in [2.45, 2.75) is 38.3 Å². The highest BCUT2D eigenvalue weighted by molar-refractivity contribution is 5.73. The summed E-state index contributed by atoms with van der Waals surface area (Å²) in [7, 11) is 2.29. The minimum atomic E-state index is -0.525. The number of nitriles is 1. The highest BCUT2D eigenvalue weighted by Gasteiger charge is 2.43. The molecule has 1 aromatic rings. The average Bonchev–Trinajstić information content (AvgIpc) is 3.13. The van der Waals surface area contributed by atoms with E-state index in [0.717, 1.165) is 52.4 Å². The van der Waals surface area contributed by atoms with E-state index in [1.807, 2.05) is 4.90 Å². The Kier molecular flexibility index (Phi) is 9.01. The summed E-state index contributed by atoms with van der Waals surface area (Å²) in [6.45, 7) is 10.6. The molecule has 3 aliphatic rings. The molecule has 35 heavy (non-hydrogen) atoms. The Bertz CT molecular complexity index is 851. The number of aliphatic hydroxyl groups is 1. The van der Waals surface area contributed by atoms with Gasteiger partial charge in [-0.25, -0.2) is 0 Å². The summed E-state index contributed by atoms with van der Waals surface area (Å²) in [6.07, 6.45) is 3.20. The van der Waals surface area contributed by atoms with E-state index in [0.29, 0.717) is 35.7 Å². The van der Waals surface area contributed by atoms with Crippen LogP contribution >= 0.6 is 0 Å². The number of piperidine rings is 1. The minimum absolute atomic E-state index is 0.192. The number of aliphatic hydroxyl groups excluding tert-OH is 1. The number of rotatable bonds is 10. The molecule has 8 nitrogen and oxygen atoms in total.